The number of nitrogens with one attached hydrogen (secondary N) is 1. The van der Waals surface area contributed by atoms with Crippen molar-refractivity contribution in [2.24, 2.45) is 7.05 Å². The molecule has 0 aliphatic heterocycles. The van der Waals surface area contributed by atoms with Crippen molar-refractivity contribution in [3.8, 4) is 23.3 Å². The third kappa shape index (κ3) is 5.82. The highest BCUT2D eigenvalue weighted by atomic mass is 32.2. The third-order valence-electron chi connectivity index (χ3n) is 5.15. The van der Waals surface area contributed by atoms with Crippen LogP contribution in [-0.2, 0) is 28.0 Å². The average molecular weight is 510 g/mol. The van der Waals surface area contributed by atoms with E-state index in [1.54, 1.807) is 40.0 Å². The molecule has 1 saturated carbocycles. The van der Waals surface area contributed by atoms with Crippen molar-refractivity contribution in [2.75, 3.05) is 5.75 Å². The Balaban J connectivity index is 0.000000623. The Morgan fingerprint density at radius 2 is 1.94 bits per heavy atom. The van der Waals surface area contributed by atoms with E-state index in [0.717, 1.165) is 10.6 Å². The van der Waals surface area contributed by atoms with Crippen molar-refractivity contribution in [2.45, 2.75) is 51.4 Å². The Hall–Kier alpha value is -3.40. The van der Waals surface area contributed by atoms with Crippen molar-refractivity contribution in [3.63, 3.8) is 0 Å². The van der Waals surface area contributed by atoms with Crippen molar-refractivity contribution in [1.82, 2.24) is 19.1 Å². The topological polar surface area (TPSA) is 127 Å². The predicted octanol–water partition coefficient (Wildman–Crippen LogP) is 4.56. The van der Waals surface area contributed by atoms with E-state index in [0.29, 0.717) is 30.0 Å². The van der Waals surface area contributed by atoms with Gasteiger partial charge in [-0.1, -0.05) is 12.7 Å². The van der Waals surface area contributed by atoms with Gasteiger partial charge in [-0.2, -0.15) is 29.0 Å². The highest BCUT2D eigenvalue weighted by Gasteiger charge is 2.40. The molecule has 0 radical (unpaired) electrons. The summed E-state index contributed by atoms with van der Waals surface area (Å²) in [5.74, 6) is 1.06. The first-order valence-electron chi connectivity index (χ1n) is 10.6. The van der Waals surface area contributed by atoms with Gasteiger partial charge in [0.15, 0.2) is 11.4 Å². The van der Waals surface area contributed by atoms with Gasteiger partial charge in [0.1, 0.15) is 28.7 Å². The molecule has 3 heterocycles. The lowest BCUT2D eigenvalue weighted by molar-refractivity contribution is -0.144. The number of nitriles is 1. The summed E-state index contributed by atoms with van der Waals surface area (Å²) in [6.45, 7) is 4.92. The Labute approximate surface area is 201 Å². The number of aryl methyl sites for hydroxylation is 1. The summed E-state index contributed by atoms with van der Waals surface area (Å²) in [4.78, 5) is 21.4. The van der Waals surface area contributed by atoms with Crippen LogP contribution in [0, 0.1) is 16.1 Å². The van der Waals surface area contributed by atoms with E-state index in [2.05, 4.69) is 9.97 Å². The highest BCUT2D eigenvalue weighted by Crippen LogP contribution is 2.40. The van der Waals surface area contributed by atoms with Gasteiger partial charge in [0.05, 0.1) is 11.7 Å². The standard InChI is InChI=1S/C20H18F3N5O2.C2H6NOS/c1-19(2,10-24)30-12-6-7-13(25-9-12)17-26-14-8-15(20(21,22)23)28(11-4-5-11)18(29)16(14)27(17)3;1-2-5(3)4/h6-9,11H,4-5H2,1-3H3;3H,2H2,1H3/q;-1. The minimum atomic E-state index is -4.65. The molecule has 1 fully saturated rings. The summed E-state index contributed by atoms with van der Waals surface area (Å²) in [5.41, 5.74) is -2.31. The quantitative estimate of drug-likeness (QED) is 0.502. The summed E-state index contributed by atoms with van der Waals surface area (Å²) in [7, 11) is 0.248. The van der Waals surface area contributed by atoms with Crippen molar-refractivity contribution in [3.05, 3.63) is 40.4 Å². The van der Waals surface area contributed by atoms with Crippen LogP contribution in [-0.4, -0.2) is 30.5 Å². The number of alkyl halides is 3. The molecular weight excluding hydrogens is 485 g/mol. The third-order valence-corrected chi connectivity index (χ3v) is 5.67. The Morgan fingerprint density at radius 1 is 1.31 bits per heavy atom. The molecule has 1 aliphatic carbocycles. The molecule has 4 rings (SSSR count). The molecule has 13 heteroatoms. The molecule has 0 amide bonds. The molecule has 1 aliphatic rings. The second-order valence-electron chi connectivity index (χ2n) is 8.40. The van der Waals surface area contributed by atoms with Crippen molar-refractivity contribution >= 4 is 21.6 Å². The van der Waals surface area contributed by atoms with Crippen LogP contribution in [0.25, 0.3) is 22.6 Å². The molecule has 0 spiro atoms. The lowest BCUT2D eigenvalue weighted by Crippen LogP contribution is -2.28. The van der Waals surface area contributed by atoms with E-state index < -0.39 is 39.7 Å². The molecule has 0 unspecified atom stereocenters. The van der Waals surface area contributed by atoms with Gasteiger partial charge in [0.2, 0.25) is 0 Å². The number of imidazole rings is 1. The lowest BCUT2D eigenvalue weighted by atomic mass is 10.2. The minimum absolute atomic E-state index is 0.0329. The normalized spacial score (nSPS) is 13.9. The zero-order valence-corrected chi connectivity index (χ0v) is 20.3. The Morgan fingerprint density at radius 3 is 2.40 bits per heavy atom. The number of hydrogen-bond donors (Lipinski definition) is 1. The van der Waals surface area contributed by atoms with Crippen LogP contribution in [0.5, 0.6) is 5.75 Å². The molecule has 188 valence electrons. The smallest absolute Gasteiger partial charge is 0.431 e. The SMILES string of the molecule is CC[S-](=N)=O.Cn1c(-c2ccc(OC(C)(C)C#N)cn2)nc2cc(C(F)(F)F)n(C3CC3)c(=O)c21. The second-order valence-corrected chi connectivity index (χ2v) is 9.67. The van der Waals surface area contributed by atoms with E-state index in [1.807, 2.05) is 6.07 Å². The molecule has 0 saturated heterocycles. The average Bonchev–Trinajstić information content (AvgIpc) is 3.56. The number of pyridine rings is 2. The van der Waals surface area contributed by atoms with Crippen molar-refractivity contribution in [1.29, 1.82) is 10.0 Å². The number of fused-ring (bicyclic) bond motifs is 1. The lowest BCUT2D eigenvalue weighted by Gasteiger charge is -2.17. The largest absolute Gasteiger partial charge is 0.471 e. The number of nitrogens with zero attached hydrogens (tertiary/aromatic N) is 5. The van der Waals surface area contributed by atoms with Crippen LogP contribution >= 0.6 is 0 Å². The van der Waals surface area contributed by atoms with Gasteiger partial charge in [0, 0.05) is 13.1 Å². The molecule has 3 aromatic rings. The fraction of sp³-hybridized carbons (Fsp3) is 0.455. The second kappa shape index (κ2) is 9.69. The van der Waals surface area contributed by atoms with Gasteiger partial charge >= 0.3 is 6.18 Å². The van der Waals surface area contributed by atoms with Gasteiger partial charge in [-0.15, -0.1) is 0 Å². The summed E-state index contributed by atoms with van der Waals surface area (Å²) in [5, 5.41) is 9.06. The van der Waals surface area contributed by atoms with E-state index >= 15 is 0 Å². The van der Waals surface area contributed by atoms with Gasteiger partial charge in [-0.05, 0) is 44.9 Å². The molecule has 0 atom stereocenters. The number of hydrogen-bond acceptors (Lipinski definition) is 8. The van der Waals surface area contributed by atoms with Gasteiger partial charge < -0.3 is 18.3 Å². The van der Waals surface area contributed by atoms with Crippen LogP contribution in [0.2, 0.25) is 0 Å². The zero-order chi connectivity index (χ0) is 26.1. The first kappa shape index (κ1) is 26.2. The summed E-state index contributed by atoms with van der Waals surface area (Å²) in [6, 6.07) is 5.66. The van der Waals surface area contributed by atoms with E-state index in [1.165, 1.54) is 10.8 Å². The van der Waals surface area contributed by atoms with Crippen LogP contribution in [0.15, 0.2) is 29.2 Å². The zero-order valence-electron chi connectivity index (χ0n) is 19.5. The first-order chi connectivity index (χ1) is 16.3. The summed E-state index contributed by atoms with van der Waals surface area (Å²) < 4.78 is 64.3. The Bertz CT molecular complexity index is 1400. The molecule has 0 aromatic carbocycles. The van der Waals surface area contributed by atoms with E-state index in [4.69, 9.17) is 14.8 Å². The van der Waals surface area contributed by atoms with Crippen molar-refractivity contribution < 1.29 is 22.1 Å². The van der Waals surface area contributed by atoms with Gasteiger partial charge in [-0.3, -0.25) is 9.36 Å². The van der Waals surface area contributed by atoms with Crippen LogP contribution in [0.3, 0.4) is 0 Å². The fourth-order valence-electron chi connectivity index (χ4n) is 3.33. The molecule has 9 nitrogen and oxygen atoms in total. The van der Waals surface area contributed by atoms with Gasteiger partial charge in [0.25, 0.3) is 5.56 Å². The Kier molecular flexibility index (Phi) is 7.26. The minimum Gasteiger partial charge on any atom is -0.471 e. The highest BCUT2D eigenvalue weighted by molar-refractivity contribution is 7.73. The van der Waals surface area contributed by atoms with Crippen LogP contribution in [0.4, 0.5) is 13.2 Å². The molecule has 3 aromatic heterocycles. The predicted molar refractivity (Wildman–Crippen MR) is 123 cm³/mol. The van der Waals surface area contributed by atoms with Crippen LogP contribution < -0.4 is 10.3 Å². The van der Waals surface area contributed by atoms with Gasteiger partial charge in [-0.25, -0.2) is 9.97 Å². The maximum absolute atomic E-state index is 13.5. The molecule has 35 heavy (non-hydrogen) atoms. The first-order valence-corrected chi connectivity index (χ1v) is 12.0. The number of rotatable bonds is 5. The van der Waals surface area contributed by atoms with E-state index in [9.17, 15) is 22.2 Å². The molecular formula is C22H24F3N6O3S-. The maximum atomic E-state index is 13.5. The summed E-state index contributed by atoms with van der Waals surface area (Å²) >= 11 is 0. The fourth-order valence-corrected chi connectivity index (χ4v) is 3.33. The monoisotopic (exact) mass is 509 g/mol. The number of ether oxygens (including phenoxy) is 1. The molecule has 1 N–H and O–H groups in total. The maximum Gasteiger partial charge on any atom is 0.431 e. The van der Waals surface area contributed by atoms with E-state index in [-0.39, 0.29) is 16.9 Å². The number of aromatic nitrogens is 4. The number of halogens is 3. The molecule has 0 bridgehead atoms. The summed E-state index contributed by atoms with van der Waals surface area (Å²) in [6.07, 6.45) is -2.17. The van der Waals surface area contributed by atoms with Crippen LogP contribution in [0.1, 0.15) is 45.3 Å².